The minimum atomic E-state index is 0.594. The van der Waals surface area contributed by atoms with E-state index in [-0.39, 0.29) is 0 Å². The van der Waals surface area contributed by atoms with Crippen LogP contribution >= 0.6 is 0 Å². The SMILES string of the molecule is CC(C)N1CCC2(CC1)CC1=CCN=C1C2. The van der Waals surface area contributed by atoms with Crippen LogP contribution in [0, 0.1) is 5.41 Å². The highest BCUT2D eigenvalue weighted by Crippen LogP contribution is 2.48. The summed E-state index contributed by atoms with van der Waals surface area (Å²) >= 11 is 0. The lowest BCUT2D eigenvalue weighted by Crippen LogP contribution is -2.42. The molecule has 0 aromatic heterocycles. The van der Waals surface area contributed by atoms with E-state index in [4.69, 9.17) is 0 Å². The van der Waals surface area contributed by atoms with Crippen LogP contribution in [0.2, 0.25) is 0 Å². The smallest absolute Gasteiger partial charge is 0.0580 e. The van der Waals surface area contributed by atoms with Crippen molar-refractivity contribution in [1.82, 2.24) is 4.90 Å². The number of nitrogens with zero attached hydrogens (tertiary/aromatic N) is 2. The first kappa shape index (κ1) is 10.5. The topological polar surface area (TPSA) is 15.6 Å². The van der Waals surface area contributed by atoms with Gasteiger partial charge in [0.2, 0.25) is 0 Å². The standard InChI is InChI=1S/C14H22N2/c1-11(2)16-7-4-14(5-8-16)9-12-3-6-15-13(12)10-14/h3,11H,4-10H2,1-2H3. The van der Waals surface area contributed by atoms with Crippen molar-refractivity contribution >= 4 is 5.71 Å². The van der Waals surface area contributed by atoms with Crippen molar-refractivity contribution in [3.05, 3.63) is 11.6 Å². The maximum Gasteiger partial charge on any atom is 0.0580 e. The molecule has 0 amide bonds. The van der Waals surface area contributed by atoms with E-state index in [0.717, 1.165) is 12.6 Å². The Morgan fingerprint density at radius 2 is 2.00 bits per heavy atom. The van der Waals surface area contributed by atoms with Gasteiger partial charge in [-0.05, 0) is 63.6 Å². The number of likely N-dealkylation sites (tertiary alicyclic amines) is 1. The zero-order chi connectivity index (χ0) is 11.2. The van der Waals surface area contributed by atoms with E-state index in [9.17, 15) is 0 Å². The molecule has 0 aromatic rings. The lowest BCUT2D eigenvalue weighted by Gasteiger charge is -2.40. The van der Waals surface area contributed by atoms with Crippen molar-refractivity contribution < 1.29 is 0 Å². The zero-order valence-electron chi connectivity index (χ0n) is 10.5. The van der Waals surface area contributed by atoms with Gasteiger partial charge in [0, 0.05) is 11.8 Å². The largest absolute Gasteiger partial charge is 0.301 e. The fourth-order valence-electron chi connectivity index (χ4n) is 3.52. The lowest BCUT2D eigenvalue weighted by molar-refractivity contribution is 0.0935. The van der Waals surface area contributed by atoms with Crippen LogP contribution in [0.25, 0.3) is 0 Å². The van der Waals surface area contributed by atoms with Gasteiger partial charge < -0.3 is 4.90 Å². The van der Waals surface area contributed by atoms with Crippen molar-refractivity contribution in [3.63, 3.8) is 0 Å². The Hall–Kier alpha value is -0.630. The van der Waals surface area contributed by atoms with Crippen LogP contribution in [0.3, 0.4) is 0 Å². The molecule has 0 radical (unpaired) electrons. The molecule has 1 saturated carbocycles. The molecule has 2 nitrogen and oxygen atoms in total. The van der Waals surface area contributed by atoms with Crippen LogP contribution in [-0.4, -0.2) is 36.3 Å². The van der Waals surface area contributed by atoms with Crippen molar-refractivity contribution in [1.29, 1.82) is 0 Å². The van der Waals surface area contributed by atoms with E-state index in [0.29, 0.717) is 5.41 Å². The Morgan fingerprint density at radius 1 is 1.25 bits per heavy atom. The third-order valence-electron chi connectivity index (χ3n) is 4.69. The predicted molar refractivity (Wildman–Crippen MR) is 68.0 cm³/mol. The van der Waals surface area contributed by atoms with E-state index in [1.807, 2.05) is 0 Å². The zero-order valence-corrected chi connectivity index (χ0v) is 10.5. The summed E-state index contributed by atoms with van der Waals surface area (Å²) in [4.78, 5) is 7.23. The van der Waals surface area contributed by atoms with E-state index in [2.05, 4.69) is 29.8 Å². The maximum atomic E-state index is 4.61. The van der Waals surface area contributed by atoms with Crippen LogP contribution in [-0.2, 0) is 0 Å². The summed E-state index contributed by atoms with van der Waals surface area (Å²) in [6.45, 7) is 8.16. The van der Waals surface area contributed by atoms with Crippen molar-refractivity contribution in [2.24, 2.45) is 10.4 Å². The number of rotatable bonds is 1. The maximum absolute atomic E-state index is 4.61. The molecule has 2 heterocycles. The molecule has 2 aliphatic heterocycles. The predicted octanol–water partition coefficient (Wildman–Crippen LogP) is 2.65. The summed E-state index contributed by atoms with van der Waals surface area (Å²) in [5, 5.41) is 0. The van der Waals surface area contributed by atoms with E-state index >= 15 is 0 Å². The molecule has 3 aliphatic rings. The van der Waals surface area contributed by atoms with Crippen LogP contribution in [0.1, 0.15) is 39.5 Å². The molecule has 0 N–H and O–H groups in total. The second-order valence-electron chi connectivity index (χ2n) is 6.00. The highest BCUT2D eigenvalue weighted by Gasteiger charge is 2.42. The normalized spacial score (nSPS) is 28.4. The van der Waals surface area contributed by atoms with Crippen molar-refractivity contribution in [2.75, 3.05) is 19.6 Å². The minimum Gasteiger partial charge on any atom is -0.301 e. The molecule has 3 rings (SSSR count). The van der Waals surface area contributed by atoms with Crippen LogP contribution in [0.4, 0.5) is 0 Å². The molecule has 0 bridgehead atoms. The highest BCUT2D eigenvalue weighted by atomic mass is 15.2. The minimum absolute atomic E-state index is 0.594. The van der Waals surface area contributed by atoms with Gasteiger partial charge in [-0.15, -0.1) is 0 Å². The van der Waals surface area contributed by atoms with Crippen molar-refractivity contribution in [3.8, 4) is 0 Å². The number of hydrogen-bond donors (Lipinski definition) is 0. The second kappa shape index (κ2) is 3.69. The molecular weight excluding hydrogens is 196 g/mol. The molecule has 2 heteroatoms. The average molecular weight is 218 g/mol. The molecular formula is C14H22N2. The summed E-state index contributed by atoms with van der Waals surface area (Å²) in [6, 6.07) is 0.717. The summed E-state index contributed by atoms with van der Waals surface area (Å²) in [6.07, 6.45) is 7.69. The number of allylic oxidation sites excluding steroid dienone is 1. The van der Waals surface area contributed by atoms with Gasteiger partial charge in [-0.25, -0.2) is 0 Å². The van der Waals surface area contributed by atoms with E-state index in [1.165, 1.54) is 44.5 Å². The number of fused-ring (bicyclic) bond motifs is 1. The summed E-state index contributed by atoms with van der Waals surface area (Å²) in [7, 11) is 0. The number of piperidine rings is 1. The highest BCUT2D eigenvalue weighted by molar-refractivity contribution is 6.04. The van der Waals surface area contributed by atoms with Gasteiger partial charge in [0.1, 0.15) is 0 Å². The van der Waals surface area contributed by atoms with E-state index in [1.54, 1.807) is 5.57 Å². The molecule has 1 aliphatic carbocycles. The van der Waals surface area contributed by atoms with Crippen molar-refractivity contribution in [2.45, 2.75) is 45.6 Å². The van der Waals surface area contributed by atoms with Gasteiger partial charge in [0.15, 0.2) is 0 Å². The first-order chi connectivity index (χ1) is 7.69. The first-order valence-corrected chi connectivity index (χ1v) is 6.65. The molecule has 0 aromatic carbocycles. The summed E-state index contributed by atoms with van der Waals surface area (Å²) < 4.78 is 0. The van der Waals surface area contributed by atoms with Gasteiger partial charge in [0.25, 0.3) is 0 Å². The molecule has 1 spiro atoms. The Balaban J connectivity index is 1.68. The fourth-order valence-corrected chi connectivity index (χ4v) is 3.52. The summed E-state index contributed by atoms with van der Waals surface area (Å²) in [5.41, 5.74) is 3.62. The van der Waals surface area contributed by atoms with Gasteiger partial charge >= 0.3 is 0 Å². The molecule has 2 fully saturated rings. The molecule has 0 unspecified atom stereocenters. The van der Waals surface area contributed by atoms with Crippen LogP contribution in [0.5, 0.6) is 0 Å². The number of aliphatic imine (C=N–C) groups is 1. The van der Waals surface area contributed by atoms with Gasteiger partial charge in [-0.3, -0.25) is 4.99 Å². The van der Waals surface area contributed by atoms with Crippen LogP contribution in [0.15, 0.2) is 16.6 Å². The first-order valence-electron chi connectivity index (χ1n) is 6.65. The number of hydrogen-bond acceptors (Lipinski definition) is 2. The monoisotopic (exact) mass is 218 g/mol. The molecule has 16 heavy (non-hydrogen) atoms. The Labute approximate surface area is 98.4 Å². The third-order valence-corrected chi connectivity index (χ3v) is 4.69. The molecule has 0 atom stereocenters. The lowest BCUT2D eigenvalue weighted by atomic mass is 9.76. The van der Waals surface area contributed by atoms with Gasteiger partial charge in [0.05, 0.1) is 6.54 Å². The van der Waals surface area contributed by atoms with Crippen LogP contribution < -0.4 is 0 Å². The second-order valence-corrected chi connectivity index (χ2v) is 6.00. The Morgan fingerprint density at radius 3 is 2.62 bits per heavy atom. The van der Waals surface area contributed by atoms with E-state index < -0.39 is 0 Å². The fraction of sp³-hybridized carbons (Fsp3) is 0.786. The third kappa shape index (κ3) is 1.64. The summed E-state index contributed by atoms with van der Waals surface area (Å²) in [5.74, 6) is 0. The quantitative estimate of drug-likeness (QED) is 0.660. The Kier molecular flexibility index (Phi) is 2.43. The average Bonchev–Trinajstić information content (AvgIpc) is 2.77. The Bertz CT molecular complexity index is 322. The molecule has 1 saturated heterocycles. The van der Waals surface area contributed by atoms with Gasteiger partial charge in [-0.2, -0.15) is 0 Å². The molecule has 88 valence electrons. The van der Waals surface area contributed by atoms with Gasteiger partial charge in [-0.1, -0.05) is 6.08 Å².